The molecule has 134 valence electrons. The minimum Gasteiger partial charge on any atom is -0.465 e. The maximum atomic E-state index is 12.4. The molecule has 0 aliphatic rings. The van der Waals surface area contributed by atoms with Gasteiger partial charge in [0, 0.05) is 10.9 Å². The van der Waals surface area contributed by atoms with Crippen molar-refractivity contribution in [1.82, 2.24) is 0 Å². The van der Waals surface area contributed by atoms with E-state index in [0.29, 0.717) is 15.2 Å². The number of halogens is 1. The van der Waals surface area contributed by atoms with Crippen molar-refractivity contribution in [3.8, 4) is 11.1 Å². The molecular formula is C19H16BrNO4S. The van der Waals surface area contributed by atoms with Crippen LogP contribution in [-0.4, -0.2) is 19.0 Å². The van der Waals surface area contributed by atoms with E-state index in [-0.39, 0.29) is 5.76 Å². The molecule has 3 aromatic rings. The lowest BCUT2D eigenvalue weighted by Gasteiger charge is -2.10. The number of aryl methyl sites for hydroxylation is 2. The van der Waals surface area contributed by atoms with Gasteiger partial charge in [-0.3, -0.25) is 4.79 Å². The topological polar surface area (TPSA) is 68.5 Å². The van der Waals surface area contributed by atoms with Crippen molar-refractivity contribution >= 4 is 44.1 Å². The zero-order valence-electron chi connectivity index (χ0n) is 14.4. The molecule has 2 heterocycles. The summed E-state index contributed by atoms with van der Waals surface area (Å²) in [6.45, 7) is 3.97. The van der Waals surface area contributed by atoms with Crippen molar-refractivity contribution in [1.29, 1.82) is 0 Å². The maximum absolute atomic E-state index is 12.4. The summed E-state index contributed by atoms with van der Waals surface area (Å²) in [5.74, 6) is -0.789. The molecule has 0 radical (unpaired) electrons. The van der Waals surface area contributed by atoms with Crippen LogP contribution in [0.2, 0.25) is 0 Å². The molecule has 2 aromatic heterocycles. The van der Waals surface area contributed by atoms with Crippen LogP contribution in [-0.2, 0) is 4.74 Å². The maximum Gasteiger partial charge on any atom is 0.341 e. The number of hydrogen-bond donors (Lipinski definition) is 1. The van der Waals surface area contributed by atoms with Gasteiger partial charge in [0.05, 0.1) is 7.11 Å². The Hall–Kier alpha value is -2.38. The number of thiophene rings is 1. The summed E-state index contributed by atoms with van der Waals surface area (Å²) < 4.78 is 10.7. The Bertz CT molecular complexity index is 989. The molecule has 0 atom stereocenters. The fourth-order valence-electron chi connectivity index (χ4n) is 2.58. The Morgan fingerprint density at radius 3 is 2.58 bits per heavy atom. The number of furan rings is 1. The van der Waals surface area contributed by atoms with Gasteiger partial charge in [-0.1, -0.05) is 23.8 Å². The number of ether oxygens (including phenoxy) is 1. The van der Waals surface area contributed by atoms with E-state index in [1.54, 1.807) is 12.1 Å². The molecular weight excluding hydrogens is 418 g/mol. The quantitative estimate of drug-likeness (QED) is 0.557. The van der Waals surface area contributed by atoms with Gasteiger partial charge in [-0.15, -0.1) is 11.3 Å². The van der Waals surface area contributed by atoms with E-state index in [0.717, 1.165) is 22.3 Å². The van der Waals surface area contributed by atoms with Crippen molar-refractivity contribution in [3.63, 3.8) is 0 Å². The predicted octanol–water partition coefficient (Wildman–Crippen LogP) is 5.43. The highest BCUT2D eigenvalue weighted by Crippen LogP contribution is 2.38. The van der Waals surface area contributed by atoms with E-state index in [9.17, 15) is 9.59 Å². The van der Waals surface area contributed by atoms with Gasteiger partial charge in [-0.2, -0.15) is 0 Å². The Kier molecular flexibility index (Phi) is 5.29. The molecule has 0 spiro atoms. The van der Waals surface area contributed by atoms with Crippen LogP contribution in [0, 0.1) is 13.8 Å². The third kappa shape index (κ3) is 3.59. The Morgan fingerprint density at radius 1 is 1.15 bits per heavy atom. The number of anilines is 1. The summed E-state index contributed by atoms with van der Waals surface area (Å²) in [5, 5.41) is 5.01. The highest BCUT2D eigenvalue weighted by Gasteiger charge is 2.24. The van der Waals surface area contributed by atoms with Crippen LogP contribution in [0.15, 0.2) is 44.8 Å². The van der Waals surface area contributed by atoms with Gasteiger partial charge in [0.1, 0.15) is 10.6 Å². The molecule has 7 heteroatoms. The van der Waals surface area contributed by atoms with E-state index in [1.165, 1.54) is 18.4 Å². The molecule has 3 rings (SSSR count). The first-order valence-corrected chi connectivity index (χ1v) is 9.42. The molecule has 26 heavy (non-hydrogen) atoms. The van der Waals surface area contributed by atoms with E-state index in [4.69, 9.17) is 9.15 Å². The second-order valence-corrected chi connectivity index (χ2v) is 7.38. The largest absolute Gasteiger partial charge is 0.465 e. The van der Waals surface area contributed by atoms with Crippen molar-refractivity contribution < 1.29 is 18.7 Å². The van der Waals surface area contributed by atoms with Gasteiger partial charge in [0.2, 0.25) is 0 Å². The van der Waals surface area contributed by atoms with Crippen LogP contribution in [0.3, 0.4) is 0 Å². The Balaban J connectivity index is 2.04. The van der Waals surface area contributed by atoms with Gasteiger partial charge in [-0.05, 0) is 53.0 Å². The molecule has 1 amide bonds. The Labute approximate surface area is 163 Å². The van der Waals surface area contributed by atoms with Crippen LogP contribution in [0.5, 0.6) is 0 Å². The molecule has 5 nitrogen and oxygen atoms in total. The van der Waals surface area contributed by atoms with Crippen molar-refractivity contribution in [2.75, 3.05) is 12.4 Å². The molecule has 0 aliphatic heterocycles. The number of benzene rings is 1. The number of carbonyl (C=O) groups is 2. The minimum atomic E-state index is -0.502. The lowest BCUT2D eigenvalue weighted by atomic mass is 9.97. The summed E-state index contributed by atoms with van der Waals surface area (Å²) in [5.41, 5.74) is 4.12. The minimum absolute atomic E-state index is 0.148. The summed E-state index contributed by atoms with van der Waals surface area (Å²) >= 11 is 4.44. The summed E-state index contributed by atoms with van der Waals surface area (Å²) in [6, 6.07) is 9.21. The van der Waals surface area contributed by atoms with E-state index >= 15 is 0 Å². The van der Waals surface area contributed by atoms with Crippen LogP contribution in [0.1, 0.15) is 32.0 Å². The average Bonchev–Trinajstić information content (AvgIpc) is 3.23. The van der Waals surface area contributed by atoms with Crippen LogP contribution >= 0.6 is 27.3 Å². The van der Waals surface area contributed by atoms with Crippen LogP contribution < -0.4 is 5.32 Å². The normalized spacial score (nSPS) is 10.6. The average molecular weight is 434 g/mol. The standard InChI is InChI=1S/C19H16BrNO4S/c1-10-4-5-11(2)12(8-10)13-9-26-18(16(13)19(23)24-3)21-17(22)14-6-7-15(20)25-14/h4-9H,1-3H3,(H,21,22). The SMILES string of the molecule is COC(=O)c1c(-c2cc(C)ccc2C)csc1NC(=O)c1ccc(Br)o1. The van der Waals surface area contributed by atoms with Crippen LogP contribution in [0.25, 0.3) is 11.1 Å². The third-order valence-electron chi connectivity index (χ3n) is 3.89. The highest BCUT2D eigenvalue weighted by molar-refractivity contribution is 9.10. The number of esters is 1. The molecule has 0 saturated carbocycles. The van der Waals surface area contributed by atoms with Gasteiger partial charge < -0.3 is 14.5 Å². The van der Waals surface area contributed by atoms with Gasteiger partial charge >= 0.3 is 5.97 Å². The van der Waals surface area contributed by atoms with E-state index in [2.05, 4.69) is 21.2 Å². The van der Waals surface area contributed by atoms with E-state index in [1.807, 2.05) is 37.4 Å². The smallest absolute Gasteiger partial charge is 0.341 e. The number of methoxy groups -OCH3 is 1. The fourth-order valence-corrected chi connectivity index (χ4v) is 3.83. The van der Waals surface area contributed by atoms with Crippen molar-refractivity contribution in [3.05, 3.63) is 62.8 Å². The zero-order valence-corrected chi connectivity index (χ0v) is 16.8. The Morgan fingerprint density at radius 2 is 1.92 bits per heavy atom. The predicted molar refractivity (Wildman–Crippen MR) is 105 cm³/mol. The summed E-state index contributed by atoms with van der Waals surface area (Å²) in [6.07, 6.45) is 0. The lowest BCUT2D eigenvalue weighted by Crippen LogP contribution is -2.13. The fraction of sp³-hybridized carbons (Fsp3) is 0.158. The van der Waals surface area contributed by atoms with Crippen LogP contribution in [0.4, 0.5) is 5.00 Å². The van der Waals surface area contributed by atoms with E-state index < -0.39 is 11.9 Å². The molecule has 0 bridgehead atoms. The molecule has 0 fully saturated rings. The second kappa shape index (κ2) is 7.47. The number of nitrogens with one attached hydrogen (secondary N) is 1. The summed E-state index contributed by atoms with van der Waals surface area (Å²) in [4.78, 5) is 24.8. The molecule has 0 aliphatic carbocycles. The van der Waals surface area contributed by atoms with Gasteiger partial charge in [-0.25, -0.2) is 4.79 Å². The first-order chi connectivity index (χ1) is 12.4. The van der Waals surface area contributed by atoms with Gasteiger partial charge in [0.15, 0.2) is 10.4 Å². The third-order valence-corrected chi connectivity index (χ3v) is 5.21. The number of carbonyl (C=O) groups excluding carboxylic acids is 2. The van der Waals surface area contributed by atoms with Crippen molar-refractivity contribution in [2.45, 2.75) is 13.8 Å². The highest BCUT2D eigenvalue weighted by atomic mass is 79.9. The monoisotopic (exact) mass is 433 g/mol. The molecule has 0 unspecified atom stereocenters. The number of hydrogen-bond acceptors (Lipinski definition) is 5. The zero-order chi connectivity index (χ0) is 18.8. The second-order valence-electron chi connectivity index (χ2n) is 5.72. The first-order valence-electron chi connectivity index (χ1n) is 7.75. The molecule has 0 saturated heterocycles. The van der Waals surface area contributed by atoms with Gasteiger partial charge in [0.25, 0.3) is 5.91 Å². The summed E-state index contributed by atoms with van der Waals surface area (Å²) in [7, 11) is 1.32. The first kappa shape index (κ1) is 18.4. The molecule has 1 N–H and O–H groups in total. The number of amides is 1. The van der Waals surface area contributed by atoms with Crippen molar-refractivity contribution in [2.24, 2.45) is 0 Å². The molecule has 1 aromatic carbocycles. The number of rotatable bonds is 4. The lowest BCUT2D eigenvalue weighted by molar-refractivity contribution is 0.0603.